The molecule has 1 saturated carbocycles. The number of nitrogens with zero attached hydrogens (tertiary/aromatic N) is 2. The number of carbonyl (C=O) groups excluding carboxylic acids is 2. The normalized spacial score (nSPS) is 21.8. The molecule has 2 fully saturated rings. The van der Waals surface area contributed by atoms with E-state index >= 15 is 0 Å². The maximum atomic E-state index is 12.7. The van der Waals surface area contributed by atoms with Crippen LogP contribution in [0.25, 0.3) is 0 Å². The van der Waals surface area contributed by atoms with E-state index in [1.54, 1.807) is 19.0 Å². The largest absolute Gasteiger partial charge is 0.445 e. The molecule has 1 aromatic rings. The van der Waals surface area contributed by atoms with Crippen molar-refractivity contribution in [2.45, 2.75) is 44.4 Å². The molecular formula is C21H31N3O4. The third-order valence-electron chi connectivity index (χ3n) is 5.97. The van der Waals surface area contributed by atoms with E-state index in [4.69, 9.17) is 4.74 Å². The number of carbonyl (C=O) groups is 2. The quantitative estimate of drug-likeness (QED) is 0.740. The molecule has 1 heterocycles. The molecule has 2 amide bonds. The number of ether oxygens (including phenoxy) is 1. The predicted molar refractivity (Wildman–Crippen MR) is 106 cm³/mol. The standard InChI is InChI=1S/C21H31N3O4/c1-23(2)19(26)17(24-13-11-21(9-10-21)18(25)14-24)8-12-22-20(27)28-15-16-6-4-3-5-7-16/h3-7,17-18,25H,8-15H2,1-2H3,(H,22,27)/t17-,18+/m0/s1. The van der Waals surface area contributed by atoms with E-state index in [2.05, 4.69) is 10.2 Å². The predicted octanol–water partition coefficient (Wildman–Crippen LogP) is 1.61. The highest BCUT2D eigenvalue weighted by Gasteiger charge is 2.52. The van der Waals surface area contributed by atoms with E-state index in [0.29, 0.717) is 19.5 Å². The zero-order valence-electron chi connectivity index (χ0n) is 16.8. The number of aliphatic hydroxyl groups excluding tert-OH is 1. The second-order valence-electron chi connectivity index (χ2n) is 8.15. The first-order valence-corrected chi connectivity index (χ1v) is 9.99. The van der Waals surface area contributed by atoms with Crippen LogP contribution in [0.3, 0.4) is 0 Å². The minimum Gasteiger partial charge on any atom is -0.445 e. The third kappa shape index (κ3) is 5.02. The highest BCUT2D eigenvalue weighted by atomic mass is 16.5. The van der Waals surface area contributed by atoms with E-state index in [1.165, 1.54) is 0 Å². The van der Waals surface area contributed by atoms with Crippen LogP contribution in [0.2, 0.25) is 0 Å². The first kappa shape index (κ1) is 20.6. The molecule has 1 aliphatic heterocycles. The number of likely N-dealkylation sites (N-methyl/N-ethyl adjacent to an activating group) is 1. The van der Waals surface area contributed by atoms with Crippen LogP contribution >= 0.6 is 0 Å². The van der Waals surface area contributed by atoms with Gasteiger partial charge in [0.1, 0.15) is 6.61 Å². The van der Waals surface area contributed by atoms with E-state index in [1.807, 2.05) is 30.3 Å². The van der Waals surface area contributed by atoms with Gasteiger partial charge in [-0.05, 0) is 43.2 Å². The van der Waals surface area contributed by atoms with Gasteiger partial charge >= 0.3 is 6.09 Å². The molecule has 1 spiro atoms. The van der Waals surface area contributed by atoms with Gasteiger partial charge in [0.2, 0.25) is 5.91 Å². The molecule has 2 N–H and O–H groups in total. The lowest BCUT2D eigenvalue weighted by Gasteiger charge is -2.40. The average molecular weight is 389 g/mol. The van der Waals surface area contributed by atoms with E-state index in [-0.39, 0.29) is 30.1 Å². The number of rotatable bonds is 7. The summed E-state index contributed by atoms with van der Waals surface area (Å²) in [6.45, 7) is 1.88. The summed E-state index contributed by atoms with van der Waals surface area (Å²) in [4.78, 5) is 28.3. The van der Waals surface area contributed by atoms with Crippen LogP contribution < -0.4 is 5.32 Å². The summed E-state index contributed by atoms with van der Waals surface area (Å²) in [6, 6.07) is 9.14. The van der Waals surface area contributed by atoms with E-state index in [0.717, 1.165) is 31.4 Å². The molecule has 154 valence electrons. The Kier molecular flexibility index (Phi) is 6.57. The number of amides is 2. The van der Waals surface area contributed by atoms with Gasteiger partial charge < -0.3 is 20.1 Å². The second-order valence-corrected chi connectivity index (χ2v) is 8.15. The Balaban J connectivity index is 1.48. The summed E-state index contributed by atoms with van der Waals surface area (Å²) in [6.07, 6.45) is 2.72. The fraction of sp³-hybridized carbons (Fsp3) is 0.619. The summed E-state index contributed by atoms with van der Waals surface area (Å²) in [5.74, 6) is -0.00148. The Labute approximate surface area is 166 Å². The average Bonchev–Trinajstić information content (AvgIpc) is 3.47. The lowest BCUT2D eigenvalue weighted by atomic mass is 9.89. The van der Waals surface area contributed by atoms with Crippen molar-refractivity contribution >= 4 is 12.0 Å². The molecule has 1 aliphatic carbocycles. The fourth-order valence-electron chi connectivity index (χ4n) is 3.91. The van der Waals surface area contributed by atoms with Gasteiger partial charge in [0.15, 0.2) is 0 Å². The Morgan fingerprint density at radius 2 is 2.00 bits per heavy atom. The van der Waals surface area contributed by atoms with Crippen molar-refractivity contribution in [3.8, 4) is 0 Å². The van der Waals surface area contributed by atoms with Crippen molar-refractivity contribution in [2.75, 3.05) is 33.7 Å². The summed E-state index contributed by atoms with van der Waals surface area (Å²) in [5.41, 5.74) is 1.02. The Hall–Kier alpha value is -2.12. The maximum Gasteiger partial charge on any atom is 0.407 e. The topological polar surface area (TPSA) is 82.1 Å². The van der Waals surface area contributed by atoms with Crippen molar-refractivity contribution in [2.24, 2.45) is 5.41 Å². The smallest absolute Gasteiger partial charge is 0.407 e. The second kappa shape index (κ2) is 8.92. The van der Waals surface area contributed by atoms with Crippen LogP contribution in [-0.4, -0.2) is 72.8 Å². The molecule has 1 saturated heterocycles. The summed E-state index contributed by atoms with van der Waals surface area (Å²) in [7, 11) is 3.47. The number of likely N-dealkylation sites (tertiary alicyclic amines) is 1. The maximum absolute atomic E-state index is 12.7. The Morgan fingerprint density at radius 3 is 2.61 bits per heavy atom. The zero-order chi connectivity index (χ0) is 20.1. The minimum absolute atomic E-state index is 0.00148. The van der Waals surface area contributed by atoms with E-state index in [9.17, 15) is 14.7 Å². The van der Waals surface area contributed by atoms with Gasteiger partial charge in [0.05, 0.1) is 12.1 Å². The number of β-amino-alcohol motifs (C(OH)–C–C–N with tert-alkyl or cyclic N) is 1. The molecule has 7 nitrogen and oxygen atoms in total. The summed E-state index contributed by atoms with van der Waals surface area (Å²) >= 11 is 0. The van der Waals surface area contributed by atoms with Crippen LogP contribution in [0, 0.1) is 5.41 Å². The van der Waals surface area contributed by atoms with E-state index < -0.39 is 6.09 Å². The minimum atomic E-state index is -0.490. The highest BCUT2D eigenvalue weighted by Crippen LogP contribution is 2.53. The van der Waals surface area contributed by atoms with Crippen molar-refractivity contribution in [1.29, 1.82) is 0 Å². The van der Waals surface area contributed by atoms with Crippen LogP contribution in [-0.2, 0) is 16.1 Å². The number of nitrogens with one attached hydrogen (secondary N) is 1. The third-order valence-corrected chi connectivity index (χ3v) is 5.97. The number of aliphatic hydroxyl groups is 1. The number of alkyl carbamates (subject to hydrolysis) is 1. The van der Waals surface area contributed by atoms with Crippen LogP contribution in [0.5, 0.6) is 0 Å². The van der Waals surface area contributed by atoms with Gasteiger partial charge in [0.25, 0.3) is 0 Å². The molecule has 7 heteroatoms. The lowest BCUT2D eigenvalue weighted by molar-refractivity contribution is -0.137. The van der Waals surface area contributed by atoms with Crippen molar-refractivity contribution in [1.82, 2.24) is 15.1 Å². The fourth-order valence-corrected chi connectivity index (χ4v) is 3.91. The number of piperidine rings is 1. The Bertz CT molecular complexity index is 675. The summed E-state index contributed by atoms with van der Waals surface area (Å²) < 4.78 is 5.22. The zero-order valence-corrected chi connectivity index (χ0v) is 16.8. The molecule has 1 aromatic carbocycles. The highest BCUT2D eigenvalue weighted by molar-refractivity contribution is 5.81. The number of hydrogen-bond acceptors (Lipinski definition) is 5. The molecule has 2 atom stereocenters. The molecule has 3 rings (SSSR count). The molecule has 0 bridgehead atoms. The molecule has 0 unspecified atom stereocenters. The van der Waals surface area contributed by atoms with Crippen molar-refractivity contribution < 1.29 is 19.4 Å². The lowest BCUT2D eigenvalue weighted by Crippen LogP contribution is -2.55. The summed E-state index contributed by atoms with van der Waals surface area (Å²) in [5, 5.41) is 13.2. The SMILES string of the molecule is CN(C)C(=O)[C@H](CCNC(=O)OCc1ccccc1)N1CCC2(CC2)[C@H](O)C1. The molecule has 2 aliphatic rings. The van der Waals surface area contributed by atoms with Gasteiger partial charge in [-0.1, -0.05) is 30.3 Å². The van der Waals surface area contributed by atoms with Gasteiger partial charge in [-0.25, -0.2) is 4.79 Å². The first-order chi connectivity index (χ1) is 13.4. The van der Waals surface area contributed by atoms with Crippen LogP contribution in [0.4, 0.5) is 4.79 Å². The Morgan fingerprint density at radius 1 is 1.29 bits per heavy atom. The van der Waals surface area contributed by atoms with Gasteiger partial charge in [0, 0.05) is 27.2 Å². The van der Waals surface area contributed by atoms with Crippen molar-refractivity contribution in [3.05, 3.63) is 35.9 Å². The molecule has 28 heavy (non-hydrogen) atoms. The van der Waals surface area contributed by atoms with Gasteiger partial charge in [-0.3, -0.25) is 9.69 Å². The van der Waals surface area contributed by atoms with Crippen LogP contribution in [0.15, 0.2) is 30.3 Å². The van der Waals surface area contributed by atoms with Crippen molar-refractivity contribution in [3.63, 3.8) is 0 Å². The van der Waals surface area contributed by atoms with Crippen LogP contribution in [0.1, 0.15) is 31.2 Å². The number of benzene rings is 1. The molecular weight excluding hydrogens is 358 g/mol. The first-order valence-electron chi connectivity index (χ1n) is 9.99. The molecule has 0 aromatic heterocycles. The number of hydrogen-bond donors (Lipinski definition) is 2. The molecule has 0 radical (unpaired) electrons. The van der Waals surface area contributed by atoms with Gasteiger partial charge in [-0.15, -0.1) is 0 Å². The van der Waals surface area contributed by atoms with Gasteiger partial charge in [-0.2, -0.15) is 0 Å². The monoisotopic (exact) mass is 389 g/mol.